The Morgan fingerprint density at radius 3 is 2.89 bits per heavy atom. The molecule has 0 unspecified atom stereocenters. The number of aromatic amines is 1. The number of halogens is 1. The molecule has 0 bridgehead atoms. The number of benzene rings is 1. The van der Waals surface area contributed by atoms with Crippen molar-refractivity contribution < 1.29 is 9.84 Å². The van der Waals surface area contributed by atoms with E-state index >= 15 is 0 Å². The van der Waals surface area contributed by atoms with Gasteiger partial charge in [-0.15, -0.1) is 0 Å². The zero-order valence-corrected chi connectivity index (χ0v) is 11.5. The maximum Gasteiger partial charge on any atom is 0.200 e. The maximum atomic E-state index is 9.26. The third-order valence-electron chi connectivity index (χ3n) is 2.58. The highest BCUT2D eigenvalue weighted by molar-refractivity contribution is 7.71. The van der Waals surface area contributed by atoms with Crippen LogP contribution >= 0.6 is 23.8 Å². The summed E-state index contributed by atoms with van der Waals surface area (Å²) in [5, 5.41) is 16.5. The van der Waals surface area contributed by atoms with E-state index in [1.807, 2.05) is 13.0 Å². The molecule has 2 N–H and O–H groups in total. The Morgan fingerprint density at radius 2 is 2.28 bits per heavy atom. The maximum absolute atomic E-state index is 9.26. The highest BCUT2D eigenvalue weighted by Crippen LogP contribution is 2.30. The van der Waals surface area contributed by atoms with Crippen LogP contribution in [0.2, 0.25) is 5.02 Å². The van der Waals surface area contributed by atoms with Crippen molar-refractivity contribution in [3.8, 4) is 11.4 Å². The fraction of sp³-hybridized carbons (Fsp3) is 0.273. The smallest absolute Gasteiger partial charge is 0.200 e. The summed E-state index contributed by atoms with van der Waals surface area (Å²) in [7, 11) is 1.55. The van der Waals surface area contributed by atoms with Crippen LogP contribution in [0.3, 0.4) is 0 Å². The number of aromatic nitrogens is 3. The fourth-order valence-corrected chi connectivity index (χ4v) is 2.07. The molecule has 96 valence electrons. The molecule has 1 aromatic heterocycles. The number of methoxy groups -OCH3 is 1. The molecule has 0 amide bonds. The van der Waals surface area contributed by atoms with Crippen LogP contribution in [0.5, 0.6) is 5.75 Å². The second-order valence-corrected chi connectivity index (χ2v) is 4.51. The molecular formula is C11H12ClN3O2S. The lowest BCUT2D eigenvalue weighted by molar-refractivity contribution is 0.268. The summed E-state index contributed by atoms with van der Waals surface area (Å²) in [4.78, 5) is 0. The van der Waals surface area contributed by atoms with Gasteiger partial charge in [0.2, 0.25) is 0 Å². The topological polar surface area (TPSA) is 63.1 Å². The van der Waals surface area contributed by atoms with E-state index in [1.165, 1.54) is 0 Å². The fourth-order valence-electron chi connectivity index (χ4n) is 1.67. The van der Waals surface area contributed by atoms with Gasteiger partial charge < -0.3 is 9.84 Å². The first kappa shape index (κ1) is 13.1. The summed E-state index contributed by atoms with van der Waals surface area (Å²) in [6, 6.07) is 3.55. The molecule has 0 saturated carbocycles. The van der Waals surface area contributed by atoms with Gasteiger partial charge in [0.05, 0.1) is 12.8 Å². The molecule has 5 nitrogen and oxygen atoms in total. The Labute approximate surface area is 114 Å². The largest absolute Gasteiger partial charge is 0.495 e. The van der Waals surface area contributed by atoms with E-state index < -0.39 is 0 Å². The number of nitrogens with zero attached hydrogens (tertiary/aromatic N) is 2. The number of aryl methyl sites for hydroxylation is 1. The molecule has 0 saturated heterocycles. The quantitative estimate of drug-likeness (QED) is 0.850. The van der Waals surface area contributed by atoms with Gasteiger partial charge in [-0.2, -0.15) is 5.10 Å². The first-order valence-corrected chi connectivity index (χ1v) is 5.98. The third kappa shape index (κ3) is 2.14. The number of aliphatic hydroxyl groups is 1. The molecule has 1 aromatic carbocycles. The molecular weight excluding hydrogens is 274 g/mol. The molecule has 18 heavy (non-hydrogen) atoms. The van der Waals surface area contributed by atoms with E-state index in [-0.39, 0.29) is 6.61 Å². The summed E-state index contributed by atoms with van der Waals surface area (Å²) in [5.41, 5.74) is 1.58. The molecule has 2 aromatic rings. The van der Waals surface area contributed by atoms with E-state index in [2.05, 4.69) is 10.2 Å². The number of H-pyrrole nitrogens is 1. The average molecular weight is 286 g/mol. The molecule has 7 heteroatoms. The lowest BCUT2D eigenvalue weighted by atomic mass is 10.2. The highest BCUT2D eigenvalue weighted by Gasteiger charge is 2.14. The van der Waals surface area contributed by atoms with Crippen LogP contribution < -0.4 is 4.74 Å². The van der Waals surface area contributed by atoms with E-state index in [1.54, 1.807) is 17.7 Å². The van der Waals surface area contributed by atoms with Gasteiger partial charge in [-0.1, -0.05) is 11.6 Å². The van der Waals surface area contributed by atoms with Gasteiger partial charge in [-0.25, -0.2) is 0 Å². The summed E-state index contributed by atoms with van der Waals surface area (Å²) in [6.45, 7) is 1.66. The number of hydrogen-bond donors (Lipinski definition) is 2. The summed E-state index contributed by atoms with van der Waals surface area (Å²) in [5.74, 6) is 0.984. The van der Waals surface area contributed by atoms with Crippen LogP contribution in [-0.4, -0.2) is 27.0 Å². The zero-order chi connectivity index (χ0) is 13.3. The SMILES string of the molecule is COc1cc(Cl)c(C)cc1-n1c(CO)n[nH]c1=S. The molecule has 1 heterocycles. The van der Waals surface area contributed by atoms with Crippen molar-refractivity contribution in [2.75, 3.05) is 7.11 Å². The monoisotopic (exact) mass is 285 g/mol. The highest BCUT2D eigenvalue weighted by atomic mass is 35.5. The summed E-state index contributed by atoms with van der Waals surface area (Å²) >= 11 is 11.2. The molecule has 0 fully saturated rings. The van der Waals surface area contributed by atoms with Gasteiger partial charge in [0.25, 0.3) is 0 Å². The number of rotatable bonds is 3. The Balaban J connectivity index is 2.73. The molecule has 0 spiro atoms. The second-order valence-electron chi connectivity index (χ2n) is 3.71. The van der Waals surface area contributed by atoms with Crippen molar-refractivity contribution in [3.05, 3.63) is 33.3 Å². The van der Waals surface area contributed by atoms with Crippen LogP contribution in [0, 0.1) is 11.7 Å². The van der Waals surface area contributed by atoms with E-state index in [4.69, 9.17) is 28.6 Å². The van der Waals surface area contributed by atoms with Crippen molar-refractivity contribution in [1.29, 1.82) is 0 Å². The Kier molecular flexibility index (Phi) is 3.70. The molecule has 0 aliphatic carbocycles. The standard InChI is InChI=1S/C11H12ClN3O2S/c1-6-3-8(9(17-2)4-7(6)12)15-10(5-16)13-14-11(15)18/h3-4,16H,5H2,1-2H3,(H,14,18). The van der Waals surface area contributed by atoms with Gasteiger partial charge in [-0.05, 0) is 30.8 Å². The minimum Gasteiger partial charge on any atom is -0.495 e. The Hall–Kier alpha value is -1.37. The third-order valence-corrected chi connectivity index (χ3v) is 3.27. The lowest BCUT2D eigenvalue weighted by Gasteiger charge is -2.12. The molecule has 0 radical (unpaired) electrons. The van der Waals surface area contributed by atoms with Crippen molar-refractivity contribution in [3.63, 3.8) is 0 Å². The van der Waals surface area contributed by atoms with Crippen molar-refractivity contribution in [2.24, 2.45) is 0 Å². The molecule has 0 aliphatic heterocycles. The van der Waals surface area contributed by atoms with Crippen LogP contribution in [-0.2, 0) is 6.61 Å². The predicted octanol–water partition coefficient (Wildman–Crippen LogP) is 2.39. The van der Waals surface area contributed by atoms with Crippen molar-refractivity contribution >= 4 is 23.8 Å². The Morgan fingerprint density at radius 1 is 1.56 bits per heavy atom. The first-order valence-electron chi connectivity index (χ1n) is 5.20. The van der Waals surface area contributed by atoms with Gasteiger partial charge >= 0.3 is 0 Å². The number of nitrogens with one attached hydrogen (secondary N) is 1. The molecule has 0 atom stereocenters. The van der Waals surface area contributed by atoms with E-state index in [0.717, 1.165) is 5.56 Å². The average Bonchev–Trinajstić information content (AvgIpc) is 2.73. The molecule has 2 rings (SSSR count). The zero-order valence-electron chi connectivity index (χ0n) is 9.90. The lowest BCUT2D eigenvalue weighted by Crippen LogP contribution is -2.04. The number of hydrogen-bond acceptors (Lipinski definition) is 4. The first-order chi connectivity index (χ1) is 8.58. The van der Waals surface area contributed by atoms with Crippen molar-refractivity contribution in [1.82, 2.24) is 14.8 Å². The van der Waals surface area contributed by atoms with Crippen LogP contribution in [0.15, 0.2) is 12.1 Å². The van der Waals surface area contributed by atoms with Gasteiger partial charge in [0.1, 0.15) is 12.4 Å². The second kappa shape index (κ2) is 5.09. The summed E-state index contributed by atoms with van der Waals surface area (Å²) < 4.78 is 7.30. The predicted molar refractivity (Wildman–Crippen MR) is 71.0 cm³/mol. The van der Waals surface area contributed by atoms with Gasteiger partial charge in [0, 0.05) is 11.1 Å². The normalized spacial score (nSPS) is 10.7. The Bertz CT molecular complexity index is 636. The van der Waals surface area contributed by atoms with Gasteiger partial charge in [0.15, 0.2) is 10.6 Å². The van der Waals surface area contributed by atoms with Crippen molar-refractivity contribution in [2.45, 2.75) is 13.5 Å². The summed E-state index contributed by atoms with van der Waals surface area (Å²) in [6.07, 6.45) is 0. The van der Waals surface area contributed by atoms with E-state index in [9.17, 15) is 5.11 Å². The van der Waals surface area contributed by atoms with E-state index in [0.29, 0.717) is 27.1 Å². The van der Waals surface area contributed by atoms with Crippen LogP contribution in [0.1, 0.15) is 11.4 Å². The number of ether oxygens (including phenoxy) is 1. The van der Waals surface area contributed by atoms with Gasteiger partial charge in [-0.3, -0.25) is 9.67 Å². The van der Waals surface area contributed by atoms with Crippen LogP contribution in [0.4, 0.5) is 0 Å². The van der Waals surface area contributed by atoms with Crippen LogP contribution in [0.25, 0.3) is 5.69 Å². The minimum absolute atomic E-state index is 0.224. The minimum atomic E-state index is -0.224. The number of aliphatic hydroxyl groups excluding tert-OH is 1. The molecule has 0 aliphatic rings.